The SMILES string of the molecule is Cc1cc(Cl)ccc1NS(=O)(=O)c1ccc2c(c1)[C@H]1C=CC[C@H]1[C@H](c1ccccc1Br)N2. The van der Waals surface area contributed by atoms with E-state index in [-0.39, 0.29) is 16.9 Å². The van der Waals surface area contributed by atoms with Crippen molar-refractivity contribution in [3.8, 4) is 0 Å². The number of fused-ring (bicyclic) bond motifs is 3. The van der Waals surface area contributed by atoms with E-state index >= 15 is 0 Å². The van der Waals surface area contributed by atoms with Crippen LogP contribution in [0.3, 0.4) is 0 Å². The third kappa shape index (κ3) is 3.85. The minimum absolute atomic E-state index is 0.148. The fourth-order valence-corrected chi connectivity index (χ4v) is 6.64. The highest BCUT2D eigenvalue weighted by Gasteiger charge is 2.39. The molecule has 1 heterocycles. The number of rotatable bonds is 4. The molecule has 5 rings (SSSR count). The van der Waals surface area contributed by atoms with Gasteiger partial charge in [0.25, 0.3) is 10.0 Å². The summed E-state index contributed by atoms with van der Waals surface area (Å²) in [5.41, 5.74) is 4.50. The largest absolute Gasteiger partial charge is 0.378 e. The van der Waals surface area contributed by atoms with E-state index < -0.39 is 10.0 Å². The molecule has 3 aromatic carbocycles. The normalized spacial score (nSPS) is 21.5. The molecule has 1 aliphatic heterocycles. The molecule has 7 heteroatoms. The molecule has 2 N–H and O–H groups in total. The van der Waals surface area contributed by atoms with Gasteiger partial charge in [0.1, 0.15) is 0 Å². The highest BCUT2D eigenvalue weighted by atomic mass is 79.9. The Bertz CT molecular complexity index is 1340. The minimum atomic E-state index is -3.74. The number of anilines is 2. The van der Waals surface area contributed by atoms with Crippen molar-refractivity contribution in [1.82, 2.24) is 0 Å². The predicted molar refractivity (Wildman–Crippen MR) is 134 cm³/mol. The van der Waals surface area contributed by atoms with Gasteiger partial charge in [0.05, 0.1) is 16.6 Å². The second-order valence-corrected chi connectivity index (χ2v) is 11.3. The van der Waals surface area contributed by atoms with Gasteiger partial charge in [0.15, 0.2) is 0 Å². The van der Waals surface area contributed by atoms with E-state index in [0.717, 1.165) is 27.7 Å². The molecule has 2 aliphatic rings. The molecule has 1 aliphatic carbocycles. The molecule has 0 saturated heterocycles. The molecule has 0 saturated carbocycles. The number of hydrogen-bond acceptors (Lipinski definition) is 3. The first-order valence-corrected chi connectivity index (χ1v) is 13.1. The summed E-state index contributed by atoms with van der Waals surface area (Å²) in [4.78, 5) is 0.255. The number of benzene rings is 3. The maximum absolute atomic E-state index is 13.2. The molecule has 164 valence electrons. The molecule has 0 aromatic heterocycles. The van der Waals surface area contributed by atoms with E-state index in [2.05, 4.69) is 56.3 Å². The first kappa shape index (κ1) is 21.6. The maximum Gasteiger partial charge on any atom is 0.261 e. The summed E-state index contributed by atoms with van der Waals surface area (Å²) in [6.45, 7) is 1.83. The molecule has 0 fully saturated rings. The quantitative estimate of drug-likeness (QED) is 0.356. The van der Waals surface area contributed by atoms with E-state index in [0.29, 0.717) is 16.6 Å². The molecular weight excluding hydrogens is 508 g/mol. The number of halogens is 2. The summed E-state index contributed by atoms with van der Waals surface area (Å²) in [5, 5.41) is 4.24. The second kappa shape index (κ2) is 8.25. The summed E-state index contributed by atoms with van der Waals surface area (Å²) >= 11 is 9.70. The highest BCUT2D eigenvalue weighted by Crippen LogP contribution is 2.51. The summed E-state index contributed by atoms with van der Waals surface area (Å²) < 4.78 is 30.1. The van der Waals surface area contributed by atoms with Gasteiger partial charge in [-0.2, -0.15) is 0 Å². The van der Waals surface area contributed by atoms with Crippen LogP contribution in [0, 0.1) is 12.8 Å². The Kier molecular flexibility index (Phi) is 5.56. The molecule has 0 amide bonds. The van der Waals surface area contributed by atoms with Crippen LogP contribution in [-0.4, -0.2) is 8.42 Å². The highest BCUT2D eigenvalue weighted by molar-refractivity contribution is 9.10. The summed E-state index contributed by atoms with van der Waals surface area (Å²) in [5.74, 6) is 0.487. The van der Waals surface area contributed by atoms with Gasteiger partial charge in [0, 0.05) is 21.1 Å². The second-order valence-electron chi connectivity index (χ2n) is 8.31. The molecule has 3 atom stereocenters. The van der Waals surface area contributed by atoms with Crippen molar-refractivity contribution < 1.29 is 8.42 Å². The lowest BCUT2D eigenvalue weighted by molar-refractivity contribution is 0.424. The van der Waals surface area contributed by atoms with E-state index in [9.17, 15) is 8.42 Å². The van der Waals surface area contributed by atoms with Gasteiger partial charge in [0.2, 0.25) is 0 Å². The van der Waals surface area contributed by atoms with Crippen molar-refractivity contribution in [2.45, 2.75) is 30.2 Å². The topological polar surface area (TPSA) is 58.2 Å². The Morgan fingerprint density at radius 1 is 1.06 bits per heavy atom. The van der Waals surface area contributed by atoms with Gasteiger partial charge in [-0.1, -0.05) is 57.9 Å². The van der Waals surface area contributed by atoms with Crippen LogP contribution in [-0.2, 0) is 10.0 Å². The van der Waals surface area contributed by atoms with Gasteiger partial charge in [-0.05, 0) is 78.4 Å². The van der Waals surface area contributed by atoms with Crippen LogP contribution in [0.15, 0.2) is 82.2 Å². The smallest absolute Gasteiger partial charge is 0.261 e. The van der Waals surface area contributed by atoms with Crippen molar-refractivity contribution in [2.75, 3.05) is 10.0 Å². The van der Waals surface area contributed by atoms with Crippen molar-refractivity contribution in [3.63, 3.8) is 0 Å². The zero-order chi connectivity index (χ0) is 22.5. The molecular formula is C25H22BrClN2O2S. The molecule has 0 spiro atoms. The molecule has 0 bridgehead atoms. The summed E-state index contributed by atoms with van der Waals surface area (Å²) in [7, 11) is -3.74. The van der Waals surface area contributed by atoms with Gasteiger partial charge in [-0.25, -0.2) is 8.42 Å². The Hall–Kier alpha value is -2.28. The summed E-state index contributed by atoms with van der Waals surface area (Å²) in [6, 6.07) is 18.9. The van der Waals surface area contributed by atoms with Crippen LogP contribution in [0.25, 0.3) is 0 Å². The lowest BCUT2D eigenvalue weighted by Crippen LogP contribution is -2.29. The van der Waals surface area contributed by atoms with Crippen molar-refractivity contribution in [2.24, 2.45) is 5.92 Å². The molecule has 4 nitrogen and oxygen atoms in total. The Morgan fingerprint density at radius 2 is 1.88 bits per heavy atom. The zero-order valence-corrected chi connectivity index (χ0v) is 20.5. The van der Waals surface area contributed by atoms with Gasteiger partial charge in [-0.15, -0.1) is 0 Å². The van der Waals surface area contributed by atoms with Crippen molar-refractivity contribution in [1.29, 1.82) is 0 Å². The average Bonchev–Trinajstić information content (AvgIpc) is 3.26. The maximum atomic E-state index is 13.2. The first-order chi connectivity index (χ1) is 15.3. The van der Waals surface area contributed by atoms with Crippen LogP contribution < -0.4 is 10.0 Å². The van der Waals surface area contributed by atoms with Crippen molar-refractivity contribution in [3.05, 3.63) is 99.0 Å². The number of allylic oxidation sites excluding steroid dienone is 2. The summed E-state index contributed by atoms with van der Waals surface area (Å²) in [6.07, 6.45) is 5.36. The van der Waals surface area contributed by atoms with Crippen LogP contribution >= 0.6 is 27.5 Å². The first-order valence-electron chi connectivity index (χ1n) is 10.4. The lowest BCUT2D eigenvalue weighted by atomic mass is 9.77. The fraction of sp³-hybridized carbons (Fsp3) is 0.200. The fourth-order valence-electron chi connectivity index (χ4n) is 4.72. The van der Waals surface area contributed by atoms with Gasteiger partial charge >= 0.3 is 0 Å². The number of aryl methyl sites for hydroxylation is 1. The Balaban J connectivity index is 1.50. The average molecular weight is 530 g/mol. The van der Waals surface area contributed by atoms with E-state index in [1.54, 1.807) is 30.3 Å². The number of hydrogen-bond donors (Lipinski definition) is 2. The Morgan fingerprint density at radius 3 is 2.66 bits per heavy atom. The lowest BCUT2D eigenvalue weighted by Gasteiger charge is -2.38. The van der Waals surface area contributed by atoms with Gasteiger partial charge in [-0.3, -0.25) is 4.72 Å². The monoisotopic (exact) mass is 528 g/mol. The van der Waals surface area contributed by atoms with Crippen molar-refractivity contribution >= 4 is 48.9 Å². The standard InChI is InChI=1S/C25H22BrClN2O2S/c1-15-13-16(27)9-11-23(15)29-32(30,31)17-10-12-24-21(14-17)18-6-4-7-19(18)25(28-24)20-5-2-3-8-22(20)26/h2-6,8-14,18-19,25,28-29H,7H2,1H3/t18-,19+,25+/m0/s1. The number of sulfonamides is 1. The van der Waals surface area contributed by atoms with Gasteiger partial charge < -0.3 is 5.32 Å². The zero-order valence-electron chi connectivity index (χ0n) is 17.3. The molecule has 0 unspecified atom stereocenters. The van der Waals surface area contributed by atoms with E-state index in [4.69, 9.17) is 11.6 Å². The third-order valence-electron chi connectivity index (χ3n) is 6.32. The van der Waals surface area contributed by atoms with Crippen LogP contribution in [0.5, 0.6) is 0 Å². The van der Waals surface area contributed by atoms with E-state index in [1.807, 2.05) is 19.1 Å². The Labute approximate surface area is 201 Å². The van der Waals surface area contributed by atoms with E-state index in [1.165, 1.54) is 5.56 Å². The molecule has 0 radical (unpaired) electrons. The number of nitrogens with one attached hydrogen (secondary N) is 2. The van der Waals surface area contributed by atoms with Crippen LogP contribution in [0.2, 0.25) is 5.02 Å². The molecule has 32 heavy (non-hydrogen) atoms. The minimum Gasteiger partial charge on any atom is -0.378 e. The third-order valence-corrected chi connectivity index (χ3v) is 8.64. The van der Waals surface area contributed by atoms with Crippen LogP contribution in [0.4, 0.5) is 11.4 Å². The van der Waals surface area contributed by atoms with Crippen LogP contribution in [0.1, 0.15) is 35.1 Å². The molecule has 3 aromatic rings. The predicted octanol–water partition coefficient (Wildman–Crippen LogP) is 7.04.